The summed E-state index contributed by atoms with van der Waals surface area (Å²) in [4.78, 5) is 13.4. The lowest BCUT2D eigenvalue weighted by atomic mass is 9.95. The van der Waals surface area contributed by atoms with Gasteiger partial charge in [-0.3, -0.25) is 0 Å². The molecule has 6 heterocycles. The number of aliphatic hydroxyl groups is 19. The molecule has 0 aromatic heterocycles. The molecule has 33 atom stereocenters. The molecule has 109 heavy (non-hydrogen) atoms. The van der Waals surface area contributed by atoms with Crippen molar-refractivity contribution in [1.82, 2.24) is 0 Å². The van der Waals surface area contributed by atoms with Crippen LogP contribution in [0.2, 0.25) is 0 Å². The van der Waals surface area contributed by atoms with Crippen LogP contribution in [0, 0.1) is 0 Å². The molecule has 0 radical (unpaired) electrons. The fourth-order valence-electron chi connectivity index (χ4n) is 13.3. The van der Waals surface area contributed by atoms with Gasteiger partial charge in [0.1, 0.15) is 128 Å². The quantitative estimate of drug-likeness (QED) is 0.0194. The molecule has 0 aliphatic carbocycles. The number of aliphatic hydroxyl groups excluding tert-OH is 19. The van der Waals surface area contributed by atoms with Crippen molar-refractivity contribution in [2.24, 2.45) is 0 Å². The predicted octanol–water partition coefficient (Wildman–Crippen LogP) is -1.27. The standard InChI is InChI=1S/C76H124O33/c1-13-75(11,108-73-62(93)57(88)53(84)47(33-78)102-73)28-18-26-39(5)22-16-24-40(6)30-45(80)31-42(8)68(96)105-65-50(81)43(9)100-70(63(65)94)98-36-49-55(86)58(89)61(92)72(104-49)106-66-51(82)44(10)99-69(64(66)95)97-35-41(7)25-17-23-37(3)20-15-21-38(4)27-19-29-76(12,14-2)109-74-67(59(90)54(85)48(34-79)103-74)107-71-60(91)56(87)52(83)46(32-77)101-71/h13-14,20,24-27,31,43-67,69-74,77-95H,1-2,15-19,21-23,28-30,32-36H2,3-12H3/b37-20+,38-27+,39-26+,40-24+,41-25-,42-31+/t43-,44-,45+,46+,47+,48+,49+,50-,51-,52+,53+,54+,55+,56-,57-,58-,59-,60+,61+,62+,63+,64+,65+,66+,67+,69+,70-,71-,72-,73-,74-,75+,76+/m0/s1. The van der Waals surface area contributed by atoms with Gasteiger partial charge in [0.25, 0.3) is 0 Å². The predicted molar refractivity (Wildman–Crippen MR) is 385 cm³/mol. The summed E-state index contributed by atoms with van der Waals surface area (Å²) in [7, 11) is 0. The van der Waals surface area contributed by atoms with Crippen molar-refractivity contribution in [2.45, 2.75) is 341 Å². The minimum atomic E-state index is -1.93. The monoisotopic (exact) mass is 1560 g/mol. The van der Waals surface area contributed by atoms with Crippen LogP contribution >= 0.6 is 0 Å². The third-order valence-corrected chi connectivity index (χ3v) is 20.8. The Balaban J connectivity index is 0.924. The maximum Gasteiger partial charge on any atom is 0.333 e. The lowest BCUT2D eigenvalue weighted by Crippen LogP contribution is -2.65. The largest absolute Gasteiger partial charge is 0.453 e. The van der Waals surface area contributed by atoms with E-state index in [9.17, 15) is 102 Å². The lowest BCUT2D eigenvalue weighted by molar-refractivity contribution is -0.375. The highest BCUT2D eigenvalue weighted by Crippen LogP contribution is 2.37. The van der Waals surface area contributed by atoms with Crippen molar-refractivity contribution in [3.8, 4) is 0 Å². The summed E-state index contributed by atoms with van der Waals surface area (Å²) in [5.41, 5.74) is 2.72. The van der Waals surface area contributed by atoms with E-state index in [0.29, 0.717) is 51.4 Å². The van der Waals surface area contributed by atoms with E-state index in [0.717, 1.165) is 40.7 Å². The maximum atomic E-state index is 13.4. The van der Waals surface area contributed by atoms with Crippen LogP contribution in [-0.4, -0.2) is 338 Å². The van der Waals surface area contributed by atoms with Crippen molar-refractivity contribution in [3.63, 3.8) is 0 Å². The molecule has 33 heteroatoms. The van der Waals surface area contributed by atoms with Crippen LogP contribution in [0.3, 0.4) is 0 Å². The van der Waals surface area contributed by atoms with E-state index in [1.54, 1.807) is 19.9 Å². The van der Waals surface area contributed by atoms with E-state index in [2.05, 4.69) is 19.2 Å². The van der Waals surface area contributed by atoms with E-state index in [1.807, 2.05) is 58.9 Å². The number of ether oxygens (including phenoxy) is 13. The Morgan fingerprint density at radius 1 is 0.413 bits per heavy atom. The minimum Gasteiger partial charge on any atom is -0.453 e. The molecule has 6 aliphatic rings. The summed E-state index contributed by atoms with van der Waals surface area (Å²) < 4.78 is 75.6. The van der Waals surface area contributed by atoms with E-state index < -0.39 is 234 Å². The van der Waals surface area contributed by atoms with Gasteiger partial charge in [0.05, 0.1) is 62.5 Å². The van der Waals surface area contributed by atoms with Gasteiger partial charge in [-0.2, -0.15) is 0 Å². The van der Waals surface area contributed by atoms with Gasteiger partial charge in [0.2, 0.25) is 0 Å². The molecule has 0 aromatic rings. The normalized spacial score (nSPS) is 39.8. The average Bonchev–Trinajstić information content (AvgIpc) is 0.794. The van der Waals surface area contributed by atoms with Gasteiger partial charge in [-0.25, -0.2) is 4.79 Å². The summed E-state index contributed by atoms with van der Waals surface area (Å²) in [6, 6.07) is 0. The van der Waals surface area contributed by atoms with Gasteiger partial charge in [-0.05, 0) is 146 Å². The van der Waals surface area contributed by atoms with Gasteiger partial charge in [0, 0.05) is 5.57 Å². The minimum absolute atomic E-state index is 0.00202. The van der Waals surface area contributed by atoms with Crippen LogP contribution in [0.1, 0.15) is 140 Å². The van der Waals surface area contributed by atoms with Crippen molar-refractivity contribution in [2.75, 3.05) is 33.0 Å². The Morgan fingerprint density at radius 3 is 1.28 bits per heavy atom. The first kappa shape index (κ1) is 94.0. The zero-order chi connectivity index (χ0) is 81.1. The molecule has 0 amide bonds. The molecule has 0 aromatic carbocycles. The molecular formula is C76H124O33. The van der Waals surface area contributed by atoms with Gasteiger partial charge in [-0.1, -0.05) is 70.4 Å². The lowest BCUT2D eigenvalue weighted by Gasteiger charge is -2.47. The van der Waals surface area contributed by atoms with Crippen LogP contribution in [0.4, 0.5) is 0 Å². The van der Waals surface area contributed by atoms with Gasteiger partial charge in [-0.15, -0.1) is 13.2 Å². The highest BCUT2D eigenvalue weighted by atomic mass is 16.8. The molecule has 6 fully saturated rings. The van der Waals surface area contributed by atoms with Gasteiger partial charge >= 0.3 is 5.97 Å². The van der Waals surface area contributed by atoms with E-state index in [-0.39, 0.29) is 18.6 Å². The number of carbonyl (C=O) groups is 1. The Morgan fingerprint density at radius 2 is 0.789 bits per heavy atom. The number of hydrogen-bond donors (Lipinski definition) is 19. The third kappa shape index (κ3) is 26.1. The fraction of sp³-hybridized carbons (Fsp3) is 0.776. The van der Waals surface area contributed by atoms with Crippen LogP contribution in [0.15, 0.2) is 95.2 Å². The second-order valence-electron chi connectivity index (χ2n) is 30.0. The number of allylic oxidation sites excluding steroid dienone is 8. The zero-order valence-electron chi connectivity index (χ0n) is 64.0. The van der Waals surface area contributed by atoms with Crippen molar-refractivity contribution in [3.05, 3.63) is 95.2 Å². The molecule has 19 N–H and O–H groups in total. The Hall–Kier alpha value is -3.85. The highest BCUT2D eigenvalue weighted by molar-refractivity contribution is 5.88. The first-order valence-electron chi connectivity index (χ1n) is 37.3. The molecular weight excluding hydrogens is 1440 g/mol. The summed E-state index contributed by atoms with van der Waals surface area (Å²) >= 11 is 0. The van der Waals surface area contributed by atoms with Crippen molar-refractivity contribution in [1.29, 1.82) is 0 Å². The Bertz CT molecular complexity index is 3000. The van der Waals surface area contributed by atoms with Crippen molar-refractivity contribution >= 4 is 5.97 Å². The SMILES string of the molecule is C=C[C@](C)(CC/C=C(\C)CC/C=C(\C)C[C@@H](O)/C=C(\C)C(=O)O[C@@H]1[C@@H](O)[C@H](C)O[C@H](OC[C@H]2O[C@@H](O[C@@H]3[C@@H](O)[C@H](C)O[C@@H](OC/C(C)=C\CC/C(C)=C/CC/C(C)=C/CC[C@@](C)(C=C)O[C@@H]4O[C@H](CO)[C@@H](O)[C@H](O)[C@H]4O[C@@H]4O[C@H](CO)[C@@H](O)[C@H](O)[C@H]4O)[C@@H]3O)[C@H](O)[C@@H](O)[C@@H]2O)[C@@H]1O)O[C@@H]1O[C@H](CO)[C@@H](O)[C@H](O)[C@H]1O. The summed E-state index contributed by atoms with van der Waals surface area (Å²) in [5, 5.41) is 202. The van der Waals surface area contributed by atoms with Crippen LogP contribution in [-0.2, 0) is 66.4 Å². The molecule has 33 nitrogen and oxygen atoms in total. The third-order valence-electron chi connectivity index (χ3n) is 20.8. The fourth-order valence-corrected chi connectivity index (χ4v) is 13.3. The molecule has 0 saturated carbocycles. The van der Waals surface area contributed by atoms with Crippen LogP contribution in [0.25, 0.3) is 0 Å². The molecule has 0 bridgehead atoms. The molecule has 6 rings (SSSR count). The zero-order valence-corrected chi connectivity index (χ0v) is 64.0. The van der Waals surface area contributed by atoms with Crippen LogP contribution < -0.4 is 0 Å². The Kier molecular flexibility index (Phi) is 37.7. The second-order valence-corrected chi connectivity index (χ2v) is 30.0. The van der Waals surface area contributed by atoms with Gasteiger partial charge in [0.15, 0.2) is 43.8 Å². The molecule has 626 valence electrons. The number of esters is 1. The summed E-state index contributed by atoms with van der Waals surface area (Å²) in [6.07, 6.45) is -27.5. The van der Waals surface area contributed by atoms with Gasteiger partial charge < -0.3 is 159 Å². The number of hydrogen-bond acceptors (Lipinski definition) is 33. The summed E-state index contributed by atoms with van der Waals surface area (Å²) in [6.45, 7) is 22.5. The van der Waals surface area contributed by atoms with E-state index >= 15 is 0 Å². The van der Waals surface area contributed by atoms with Crippen molar-refractivity contribution < 1.29 is 163 Å². The molecule has 6 saturated heterocycles. The topological polar surface area (TPSA) is 521 Å². The number of carbonyl (C=O) groups excluding carboxylic acids is 1. The van der Waals surface area contributed by atoms with E-state index in [1.165, 1.54) is 32.9 Å². The second kappa shape index (κ2) is 43.8. The average molecular weight is 1570 g/mol. The Labute approximate surface area is 636 Å². The number of rotatable bonds is 39. The highest BCUT2D eigenvalue weighted by Gasteiger charge is 2.55. The smallest absolute Gasteiger partial charge is 0.333 e. The first-order valence-corrected chi connectivity index (χ1v) is 37.3. The molecule has 0 unspecified atom stereocenters. The molecule has 0 spiro atoms. The maximum absolute atomic E-state index is 13.4. The first-order chi connectivity index (χ1) is 51.3. The summed E-state index contributed by atoms with van der Waals surface area (Å²) in [5.74, 6) is -0.979. The van der Waals surface area contributed by atoms with Crippen LogP contribution in [0.5, 0.6) is 0 Å². The van der Waals surface area contributed by atoms with E-state index in [4.69, 9.17) is 61.6 Å². The molecule has 6 aliphatic heterocycles.